The first-order chi connectivity index (χ1) is 6.61. The maximum absolute atomic E-state index is 11.4. The molecule has 0 bridgehead atoms. The van der Waals surface area contributed by atoms with E-state index in [0.29, 0.717) is 5.56 Å². The van der Waals surface area contributed by atoms with Crippen LogP contribution in [0.25, 0.3) is 0 Å². The van der Waals surface area contributed by atoms with Gasteiger partial charge in [-0.25, -0.2) is 4.79 Å². The van der Waals surface area contributed by atoms with Crippen LogP contribution in [0.5, 0.6) is 0 Å². The number of thioether (sulfide) groups is 1. The minimum absolute atomic E-state index is 0.266. The topological polar surface area (TPSA) is 26.3 Å². The van der Waals surface area contributed by atoms with Crippen molar-refractivity contribution in [2.45, 2.75) is 18.7 Å². The van der Waals surface area contributed by atoms with Crippen molar-refractivity contribution < 1.29 is 9.53 Å². The van der Waals surface area contributed by atoms with Gasteiger partial charge in [-0.15, -0.1) is 11.8 Å². The minimum Gasteiger partial charge on any atom is -0.465 e. The van der Waals surface area contributed by atoms with Crippen molar-refractivity contribution in [3.63, 3.8) is 0 Å². The Morgan fingerprint density at radius 3 is 2.50 bits per heavy atom. The Morgan fingerprint density at radius 1 is 1.36 bits per heavy atom. The van der Waals surface area contributed by atoms with E-state index < -0.39 is 0 Å². The van der Waals surface area contributed by atoms with E-state index in [0.717, 1.165) is 10.5 Å². The Morgan fingerprint density at radius 2 is 2.00 bits per heavy atom. The number of hydrogen-bond donors (Lipinski definition) is 0. The molecule has 14 heavy (non-hydrogen) atoms. The van der Waals surface area contributed by atoms with Crippen molar-refractivity contribution in [2.75, 3.05) is 13.4 Å². The highest BCUT2D eigenvalue weighted by molar-refractivity contribution is 7.98. The summed E-state index contributed by atoms with van der Waals surface area (Å²) in [6.45, 7) is 3.99. The molecule has 0 heterocycles. The highest BCUT2D eigenvalue weighted by atomic mass is 32.2. The molecular weight excluding hydrogens is 196 g/mol. The maximum atomic E-state index is 11.4. The molecule has 0 atom stereocenters. The van der Waals surface area contributed by atoms with E-state index >= 15 is 0 Å². The summed E-state index contributed by atoms with van der Waals surface area (Å²) in [7, 11) is 1.40. The predicted molar refractivity (Wildman–Crippen MR) is 59.0 cm³/mol. The second kappa shape index (κ2) is 4.51. The average molecular weight is 210 g/mol. The number of carbonyl (C=O) groups is 1. The Balaban J connectivity index is 3.28. The van der Waals surface area contributed by atoms with E-state index in [1.165, 1.54) is 12.7 Å². The Bertz CT molecular complexity index is 359. The Hall–Kier alpha value is -0.960. The highest BCUT2D eigenvalue weighted by Gasteiger charge is 2.12. The van der Waals surface area contributed by atoms with Crippen LogP contribution in [0.2, 0.25) is 0 Å². The van der Waals surface area contributed by atoms with Crippen LogP contribution in [-0.4, -0.2) is 19.3 Å². The average Bonchev–Trinajstić information content (AvgIpc) is 2.18. The number of benzene rings is 1. The molecule has 0 aliphatic carbocycles. The van der Waals surface area contributed by atoms with E-state index in [1.54, 1.807) is 11.8 Å². The van der Waals surface area contributed by atoms with Gasteiger partial charge in [-0.1, -0.05) is 6.07 Å². The summed E-state index contributed by atoms with van der Waals surface area (Å²) in [5.74, 6) is -0.266. The molecular formula is C11H14O2S. The summed E-state index contributed by atoms with van der Waals surface area (Å²) >= 11 is 1.66. The van der Waals surface area contributed by atoms with Crippen LogP contribution in [-0.2, 0) is 4.74 Å². The van der Waals surface area contributed by atoms with Gasteiger partial charge in [-0.3, -0.25) is 0 Å². The third-order valence-electron chi connectivity index (χ3n) is 2.21. The lowest BCUT2D eigenvalue weighted by atomic mass is 10.1. The van der Waals surface area contributed by atoms with Crippen LogP contribution in [0, 0.1) is 13.8 Å². The van der Waals surface area contributed by atoms with Gasteiger partial charge in [-0.05, 0) is 37.3 Å². The molecule has 3 heteroatoms. The third kappa shape index (κ3) is 1.93. The van der Waals surface area contributed by atoms with Gasteiger partial charge < -0.3 is 4.74 Å². The lowest BCUT2D eigenvalue weighted by molar-refractivity contribution is 0.0599. The maximum Gasteiger partial charge on any atom is 0.338 e. The SMILES string of the molecule is COC(=O)c1ccc(C)c(SC)c1C. The monoisotopic (exact) mass is 210 g/mol. The number of esters is 1. The molecule has 1 rings (SSSR count). The molecule has 0 saturated carbocycles. The molecule has 1 aromatic carbocycles. The molecule has 2 nitrogen and oxygen atoms in total. The van der Waals surface area contributed by atoms with Gasteiger partial charge in [0.15, 0.2) is 0 Å². The van der Waals surface area contributed by atoms with Gasteiger partial charge in [0, 0.05) is 4.90 Å². The molecule has 0 saturated heterocycles. The fourth-order valence-corrected chi connectivity index (χ4v) is 2.28. The molecule has 0 amide bonds. The minimum atomic E-state index is -0.266. The molecule has 0 aliphatic heterocycles. The third-order valence-corrected chi connectivity index (χ3v) is 3.25. The zero-order chi connectivity index (χ0) is 10.7. The van der Waals surface area contributed by atoms with Crippen LogP contribution in [0.1, 0.15) is 21.5 Å². The van der Waals surface area contributed by atoms with Crippen molar-refractivity contribution in [3.05, 3.63) is 28.8 Å². The molecule has 0 spiro atoms. The van der Waals surface area contributed by atoms with Crippen molar-refractivity contribution >= 4 is 17.7 Å². The second-order valence-corrected chi connectivity index (χ2v) is 3.90. The summed E-state index contributed by atoms with van der Waals surface area (Å²) in [6.07, 6.45) is 2.01. The fraction of sp³-hybridized carbons (Fsp3) is 0.364. The van der Waals surface area contributed by atoms with Crippen molar-refractivity contribution in [1.29, 1.82) is 0 Å². The molecule has 76 valence electrons. The number of rotatable bonds is 2. The molecule has 0 aromatic heterocycles. The van der Waals surface area contributed by atoms with Crippen molar-refractivity contribution in [1.82, 2.24) is 0 Å². The van der Waals surface area contributed by atoms with Crippen LogP contribution in [0.15, 0.2) is 17.0 Å². The molecule has 0 unspecified atom stereocenters. The largest absolute Gasteiger partial charge is 0.465 e. The van der Waals surface area contributed by atoms with Crippen LogP contribution < -0.4 is 0 Å². The van der Waals surface area contributed by atoms with Gasteiger partial charge in [0.1, 0.15) is 0 Å². The smallest absolute Gasteiger partial charge is 0.338 e. The second-order valence-electron chi connectivity index (χ2n) is 3.08. The summed E-state index contributed by atoms with van der Waals surface area (Å²) in [6, 6.07) is 3.77. The normalized spacial score (nSPS) is 10.0. The predicted octanol–water partition coefficient (Wildman–Crippen LogP) is 2.81. The van der Waals surface area contributed by atoms with E-state index in [1.807, 2.05) is 32.2 Å². The molecule has 1 aromatic rings. The zero-order valence-corrected chi connectivity index (χ0v) is 9.70. The van der Waals surface area contributed by atoms with Crippen LogP contribution in [0.4, 0.5) is 0 Å². The lowest BCUT2D eigenvalue weighted by Gasteiger charge is -2.10. The van der Waals surface area contributed by atoms with Gasteiger partial charge >= 0.3 is 5.97 Å². The Labute approximate surface area is 88.7 Å². The molecule has 0 N–H and O–H groups in total. The van der Waals surface area contributed by atoms with E-state index in [2.05, 4.69) is 0 Å². The Kier molecular flexibility index (Phi) is 3.58. The van der Waals surface area contributed by atoms with Gasteiger partial charge in [0.05, 0.1) is 12.7 Å². The number of hydrogen-bond acceptors (Lipinski definition) is 3. The van der Waals surface area contributed by atoms with Crippen LogP contribution in [0.3, 0.4) is 0 Å². The molecule has 0 fully saturated rings. The first-order valence-electron chi connectivity index (χ1n) is 4.34. The summed E-state index contributed by atoms with van der Waals surface area (Å²) in [4.78, 5) is 12.5. The quantitative estimate of drug-likeness (QED) is 0.554. The van der Waals surface area contributed by atoms with E-state index in [4.69, 9.17) is 4.74 Å². The van der Waals surface area contributed by atoms with Gasteiger partial charge in [0.25, 0.3) is 0 Å². The zero-order valence-electron chi connectivity index (χ0n) is 8.88. The van der Waals surface area contributed by atoms with Crippen molar-refractivity contribution in [2.24, 2.45) is 0 Å². The molecule has 0 aliphatic rings. The number of methoxy groups -OCH3 is 1. The first-order valence-corrected chi connectivity index (χ1v) is 5.56. The summed E-state index contributed by atoms with van der Waals surface area (Å²) in [5.41, 5.74) is 2.86. The standard InChI is InChI=1S/C11H14O2S/c1-7-5-6-9(11(12)13-3)8(2)10(7)14-4/h5-6H,1-4H3. The van der Waals surface area contributed by atoms with E-state index in [9.17, 15) is 4.79 Å². The van der Waals surface area contributed by atoms with Crippen molar-refractivity contribution in [3.8, 4) is 0 Å². The number of carbonyl (C=O) groups excluding carboxylic acids is 1. The van der Waals surface area contributed by atoms with Crippen LogP contribution >= 0.6 is 11.8 Å². The van der Waals surface area contributed by atoms with Gasteiger partial charge in [-0.2, -0.15) is 0 Å². The first kappa shape index (κ1) is 11.1. The lowest BCUT2D eigenvalue weighted by Crippen LogP contribution is -2.05. The number of aryl methyl sites for hydroxylation is 1. The van der Waals surface area contributed by atoms with Gasteiger partial charge in [0.2, 0.25) is 0 Å². The summed E-state index contributed by atoms with van der Waals surface area (Å²) in [5, 5.41) is 0. The molecule has 0 radical (unpaired) electrons. The number of ether oxygens (including phenoxy) is 1. The van der Waals surface area contributed by atoms with E-state index in [-0.39, 0.29) is 5.97 Å². The highest BCUT2D eigenvalue weighted by Crippen LogP contribution is 2.26. The summed E-state index contributed by atoms with van der Waals surface area (Å²) < 4.78 is 4.71. The fourth-order valence-electron chi connectivity index (χ4n) is 1.47.